The number of hydrogen-bond acceptors (Lipinski definition) is 28. The SMILES string of the molecule is CCOc1ccc(-c2nc(-c3cccc4c3CCC4N(C)C)no2)cc1OCC.CCOc1ccc(-c2nc(-c3ccnc(CNC(C)(C)CO)c3)no2)cc1OCC.CCOc1ccc(-c2nc(-c3cncc(C(=O)OC)c3)no2)cc1OCC.CCOc1ccc(-c2nc(-c3nccc4ccccc34)no2)cc1OCC. The van der Waals surface area contributed by atoms with Crippen molar-refractivity contribution >= 4 is 16.7 Å². The Labute approximate surface area is 655 Å². The number of ether oxygens (including phenoxy) is 9. The molecule has 28 nitrogen and oxygen atoms in total. The standard InChI is InChI=1S/C23H27N3O3.C22H28N4O4.C21H19N3O3.C19H19N3O5/c1-5-27-20-13-10-15(14-21(20)28-6-2)23-24-22(25-29-23)18-9-7-8-17-16(18)11-12-19(17)26(3)4;1-5-28-18-8-7-16(12-19(18)29-6-2)21-25-20(26-30-21)15-9-10-23-17(11-15)13-24-22(3,4)14-27;1-3-25-17-10-9-15(13-18(17)26-4-2)21-23-20(24-27-21)19-16-8-6-5-7-14(16)11-12-22-19;1-4-25-15-7-6-12(9-16(15)26-5-2)18-21-17(22-27-18)13-8-14(11-20-10-13)19(23)24-3/h7-10,13-14,19H,5-6,11-12H2,1-4H3;7-12,24,27H,5-6,13-14H2,1-4H3;5-13H,3-4H2,1-2H3;6-11H,4-5H2,1-3H3. The molecule has 588 valence electrons. The summed E-state index contributed by atoms with van der Waals surface area (Å²) in [6.45, 7) is 24.2. The lowest BCUT2D eigenvalue weighted by atomic mass is 10.0. The second-order valence-electron chi connectivity index (χ2n) is 26.0. The Bertz CT molecular complexity index is 5270. The van der Waals surface area contributed by atoms with E-state index < -0.39 is 5.97 Å². The van der Waals surface area contributed by atoms with Crippen LogP contribution >= 0.6 is 0 Å². The first-order valence-electron chi connectivity index (χ1n) is 37.5. The van der Waals surface area contributed by atoms with E-state index in [-0.39, 0.29) is 12.1 Å². The van der Waals surface area contributed by atoms with E-state index in [2.05, 4.69) is 98.0 Å². The van der Waals surface area contributed by atoms with Crippen LogP contribution in [0.15, 0.2) is 182 Å². The third kappa shape index (κ3) is 20.5. The largest absolute Gasteiger partial charge is 0.490 e. The smallest absolute Gasteiger partial charge is 0.339 e. The average Bonchev–Trinajstić information content (AvgIpc) is 1.64. The average molecular weight is 1540 g/mol. The van der Waals surface area contributed by atoms with Crippen LogP contribution in [0.25, 0.3) is 102 Å². The van der Waals surface area contributed by atoms with Crippen LogP contribution in [0.1, 0.15) is 109 Å². The predicted octanol–water partition coefficient (Wildman–Crippen LogP) is 16.3. The molecule has 13 aromatic rings. The number of hydrogen-bond donors (Lipinski definition) is 2. The third-order valence-corrected chi connectivity index (χ3v) is 17.5. The number of rotatable bonds is 30. The maximum Gasteiger partial charge on any atom is 0.339 e. The molecule has 1 unspecified atom stereocenters. The molecular weight excluding hydrogens is 1440 g/mol. The van der Waals surface area contributed by atoms with Gasteiger partial charge >= 0.3 is 5.97 Å². The summed E-state index contributed by atoms with van der Waals surface area (Å²) in [6, 6.07) is 44.3. The number of fused-ring (bicyclic) bond motifs is 2. The number of pyridine rings is 3. The summed E-state index contributed by atoms with van der Waals surface area (Å²) < 4.78 is 71.7. The van der Waals surface area contributed by atoms with E-state index in [1.807, 2.05) is 172 Å². The van der Waals surface area contributed by atoms with Crippen molar-refractivity contribution in [2.75, 3.05) is 80.7 Å². The summed E-state index contributed by atoms with van der Waals surface area (Å²) >= 11 is 0. The van der Waals surface area contributed by atoms with Crippen LogP contribution in [0.4, 0.5) is 0 Å². The van der Waals surface area contributed by atoms with Gasteiger partial charge in [0.05, 0.1) is 77.8 Å². The van der Waals surface area contributed by atoms with E-state index in [1.54, 1.807) is 36.8 Å². The van der Waals surface area contributed by atoms with Crippen LogP contribution in [-0.2, 0) is 17.7 Å². The molecule has 1 aliphatic rings. The molecule has 0 amide bonds. The summed E-state index contributed by atoms with van der Waals surface area (Å²) in [4.78, 5) is 44.9. The van der Waals surface area contributed by atoms with Crippen molar-refractivity contribution in [3.8, 4) is 137 Å². The van der Waals surface area contributed by atoms with Gasteiger partial charge in [-0.05, 0) is 210 Å². The van der Waals surface area contributed by atoms with Gasteiger partial charge in [-0.25, -0.2) is 4.79 Å². The topological polar surface area (TPSA) is 330 Å². The highest BCUT2D eigenvalue weighted by atomic mass is 16.5. The number of carbonyl (C=O) groups is 1. The van der Waals surface area contributed by atoms with E-state index in [4.69, 9.17) is 60.7 Å². The van der Waals surface area contributed by atoms with Crippen molar-refractivity contribution in [3.05, 3.63) is 187 Å². The monoisotopic (exact) mass is 1540 g/mol. The Hall–Kier alpha value is -12.7. The molecule has 7 aromatic heterocycles. The van der Waals surface area contributed by atoms with Gasteiger partial charge in [0.15, 0.2) is 46.0 Å². The predicted molar refractivity (Wildman–Crippen MR) is 425 cm³/mol. The quantitative estimate of drug-likeness (QED) is 0.0395. The van der Waals surface area contributed by atoms with E-state index in [1.165, 1.54) is 24.4 Å². The minimum atomic E-state index is -0.485. The zero-order valence-electron chi connectivity index (χ0n) is 65.7. The van der Waals surface area contributed by atoms with Crippen molar-refractivity contribution in [1.29, 1.82) is 0 Å². The van der Waals surface area contributed by atoms with Crippen LogP contribution in [0.3, 0.4) is 0 Å². The van der Waals surface area contributed by atoms with Crippen LogP contribution in [0.2, 0.25) is 0 Å². The number of aliphatic hydroxyl groups is 1. The van der Waals surface area contributed by atoms with Gasteiger partial charge in [-0.3, -0.25) is 15.0 Å². The molecule has 1 aliphatic carbocycles. The molecule has 0 bridgehead atoms. The second kappa shape index (κ2) is 39.3. The number of methoxy groups -OCH3 is 1. The normalized spacial score (nSPS) is 12.2. The molecule has 7 heterocycles. The lowest BCUT2D eigenvalue weighted by molar-refractivity contribution is 0.0600. The van der Waals surface area contributed by atoms with Crippen molar-refractivity contribution in [2.24, 2.45) is 0 Å². The number of nitrogens with zero attached hydrogens (tertiary/aromatic N) is 12. The number of carbonyl (C=O) groups excluding carboxylic acids is 1. The summed E-state index contributed by atoms with van der Waals surface area (Å²) in [5.74, 6) is 8.29. The van der Waals surface area contributed by atoms with Gasteiger partial charge in [-0.15, -0.1) is 0 Å². The summed E-state index contributed by atoms with van der Waals surface area (Å²) in [5, 5.41) is 31.2. The van der Waals surface area contributed by atoms with Crippen molar-refractivity contribution in [1.82, 2.24) is 65.7 Å². The minimum absolute atomic E-state index is 0.0344. The number of aliphatic hydroxyl groups excluding tert-OH is 1. The lowest BCUT2D eigenvalue weighted by Crippen LogP contribution is -2.42. The zero-order valence-corrected chi connectivity index (χ0v) is 65.7. The van der Waals surface area contributed by atoms with Crippen molar-refractivity contribution in [2.45, 2.75) is 100 Å². The molecule has 6 aromatic carbocycles. The second-order valence-corrected chi connectivity index (χ2v) is 26.0. The fourth-order valence-corrected chi connectivity index (χ4v) is 12.1. The van der Waals surface area contributed by atoms with Crippen LogP contribution < -0.4 is 43.2 Å². The molecule has 2 N–H and O–H groups in total. The molecule has 28 heteroatoms. The number of aromatic nitrogens is 11. The number of nitrogens with one attached hydrogen (secondary N) is 1. The Morgan fingerprint density at radius 3 is 1.42 bits per heavy atom. The van der Waals surface area contributed by atoms with Crippen molar-refractivity contribution in [3.63, 3.8) is 0 Å². The highest BCUT2D eigenvalue weighted by Gasteiger charge is 2.29. The third-order valence-electron chi connectivity index (χ3n) is 17.5. The zero-order chi connectivity index (χ0) is 79.8. The number of esters is 1. The Morgan fingerprint density at radius 1 is 0.487 bits per heavy atom. The van der Waals surface area contributed by atoms with E-state index in [0.717, 1.165) is 57.1 Å². The molecule has 0 spiro atoms. The maximum absolute atomic E-state index is 11.7. The summed E-state index contributed by atoms with van der Waals surface area (Å²) in [5.41, 5.74) is 9.53. The van der Waals surface area contributed by atoms with E-state index in [9.17, 15) is 9.90 Å². The van der Waals surface area contributed by atoms with E-state index >= 15 is 0 Å². The van der Waals surface area contributed by atoms with Gasteiger partial charge in [0, 0.05) is 87.2 Å². The van der Waals surface area contributed by atoms with Gasteiger partial charge in [0.25, 0.3) is 23.6 Å². The van der Waals surface area contributed by atoms with Crippen LogP contribution in [0, 0.1) is 0 Å². The van der Waals surface area contributed by atoms with Crippen LogP contribution in [-0.4, -0.2) is 158 Å². The summed E-state index contributed by atoms with van der Waals surface area (Å²) in [6.07, 6.45) is 8.55. The summed E-state index contributed by atoms with van der Waals surface area (Å²) in [7, 11) is 5.56. The molecule has 0 radical (unpaired) electrons. The first-order chi connectivity index (χ1) is 55.0. The molecule has 113 heavy (non-hydrogen) atoms. The fourth-order valence-electron chi connectivity index (χ4n) is 12.1. The minimum Gasteiger partial charge on any atom is -0.490 e. The van der Waals surface area contributed by atoms with Gasteiger partial charge in [-0.1, -0.05) is 63.1 Å². The van der Waals surface area contributed by atoms with Gasteiger partial charge in [0.1, 0.15) is 5.69 Å². The first kappa shape index (κ1) is 81.3. The maximum atomic E-state index is 11.7. The molecule has 14 rings (SSSR count). The highest BCUT2D eigenvalue weighted by molar-refractivity contribution is 5.93. The van der Waals surface area contributed by atoms with E-state index in [0.29, 0.717) is 181 Å². The van der Waals surface area contributed by atoms with Gasteiger partial charge in [0.2, 0.25) is 23.3 Å². The highest BCUT2D eigenvalue weighted by Crippen LogP contribution is 2.42. The fraction of sp³-hybridized carbons (Fsp3) is 0.318. The van der Waals surface area contributed by atoms with Gasteiger partial charge in [-0.2, -0.15) is 19.9 Å². The van der Waals surface area contributed by atoms with Crippen molar-refractivity contribution < 1.29 is 70.6 Å². The lowest BCUT2D eigenvalue weighted by Gasteiger charge is -2.23. The molecule has 1 atom stereocenters. The van der Waals surface area contributed by atoms with Crippen LogP contribution in [0.5, 0.6) is 46.0 Å². The molecular formula is C85H93N13O15. The number of benzene rings is 6. The Balaban J connectivity index is 0.000000149. The molecule has 0 saturated carbocycles. The Morgan fingerprint density at radius 2 is 0.938 bits per heavy atom. The van der Waals surface area contributed by atoms with Gasteiger partial charge < -0.3 is 76.0 Å². The molecule has 0 saturated heterocycles. The first-order valence-corrected chi connectivity index (χ1v) is 37.5. The Kier molecular flexibility index (Phi) is 28.3. The molecule has 0 aliphatic heterocycles. The molecule has 0 fully saturated rings.